The molecule has 70 valence electrons. The van der Waals surface area contributed by atoms with Crippen molar-refractivity contribution in [2.45, 2.75) is 52.0 Å². The molecule has 0 radical (unpaired) electrons. The van der Waals surface area contributed by atoms with Crippen LogP contribution in [0, 0.1) is 5.92 Å². The quantitative estimate of drug-likeness (QED) is 0.688. The molecule has 0 aliphatic heterocycles. The van der Waals surface area contributed by atoms with E-state index in [4.69, 9.17) is 0 Å². The summed E-state index contributed by atoms with van der Waals surface area (Å²) in [4.78, 5) is 10.9. The van der Waals surface area contributed by atoms with Gasteiger partial charge < -0.3 is 5.32 Å². The fourth-order valence-corrected chi connectivity index (χ4v) is 2.17. The first kappa shape index (κ1) is 9.56. The van der Waals surface area contributed by atoms with Crippen molar-refractivity contribution in [3.63, 3.8) is 0 Å². The summed E-state index contributed by atoms with van der Waals surface area (Å²) < 4.78 is 0. The fourth-order valence-electron chi connectivity index (χ4n) is 2.17. The molecule has 0 aromatic heterocycles. The van der Waals surface area contributed by atoms with E-state index in [1.165, 1.54) is 25.7 Å². The molecule has 1 saturated carbocycles. The van der Waals surface area contributed by atoms with Crippen LogP contribution < -0.4 is 5.32 Å². The second kappa shape index (κ2) is 4.48. The highest BCUT2D eigenvalue weighted by molar-refractivity contribution is 5.73. The average molecular weight is 169 g/mol. The molecule has 2 heteroatoms. The molecule has 1 aliphatic carbocycles. The Kier molecular flexibility index (Phi) is 3.57. The van der Waals surface area contributed by atoms with E-state index in [1.54, 1.807) is 6.92 Å². The molecular formula is C10H19NO. The number of nitrogens with one attached hydrogen (secondary N) is 1. The van der Waals surface area contributed by atoms with Crippen LogP contribution in [0.4, 0.5) is 0 Å². The van der Waals surface area contributed by atoms with Crippen molar-refractivity contribution in [2.24, 2.45) is 5.92 Å². The van der Waals surface area contributed by atoms with Crippen LogP contribution in [0.1, 0.15) is 46.0 Å². The lowest BCUT2D eigenvalue weighted by atomic mass is 9.96. The van der Waals surface area contributed by atoms with E-state index < -0.39 is 0 Å². The van der Waals surface area contributed by atoms with E-state index >= 15 is 0 Å². The SMILES string of the molecule is CCC(NC(C)=O)C1CCCC1. The van der Waals surface area contributed by atoms with Gasteiger partial charge >= 0.3 is 0 Å². The first-order valence-electron chi connectivity index (χ1n) is 5.01. The highest BCUT2D eigenvalue weighted by Gasteiger charge is 2.23. The van der Waals surface area contributed by atoms with Gasteiger partial charge in [-0.25, -0.2) is 0 Å². The highest BCUT2D eigenvalue weighted by atomic mass is 16.1. The standard InChI is InChI=1S/C10H19NO/c1-3-10(11-8(2)12)9-6-4-5-7-9/h9-10H,3-7H2,1-2H3,(H,11,12). The van der Waals surface area contributed by atoms with Crippen LogP contribution in [-0.4, -0.2) is 11.9 Å². The Hall–Kier alpha value is -0.530. The molecule has 1 atom stereocenters. The zero-order valence-corrected chi connectivity index (χ0v) is 8.10. The molecule has 1 N–H and O–H groups in total. The van der Waals surface area contributed by atoms with Crippen LogP contribution >= 0.6 is 0 Å². The Morgan fingerprint density at radius 2 is 2.08 bits per heavy atom. The van der Waals surface area contributed by atoms with Gasteiger partial charge in [0.1, 0.15) is 0 Å². The maximum absolute atomic E-state index is 10.9. The van der Waals surface area contributed by atoms with E-state index in [2.05, 4.69) is 12.2 Å². The zero-order valence-electron chi connectivity index (χ0n) is 8.10. The summed E-state index contributed by atoms with van der Waals surface area (Å²) in [6, 6.07) is 0.435. The van der Waals surface area contributed by atoms with Crippen molar-refractivity contribution in [3.05, 3.63) is 0 Å². The molecule has 0 heterocycles. The van der Waals surface area contributed by atoms with Gasteiger partial charge in [0.2, 0.25) is 5.91 Å². The number of amides is 1. The zero-order chi connectivity index (χ0) is 8.97. The van der Waals surface area contributed by atoms with Gasteiger partial charge in [0, 0.05) is 13.0 Å². The molecule has 0 aromatic carbocycles. The molecule has 0 aromatic rings. The first-order chi connectivity index (χ1) is 5.74. The lowest BCUT2D eigenvalue weighted by Gasteiger charge is -2.22. The van der Waals surface area contributed by atoms with Gasteiger partial charge in [0.05, 0.1) is 0 Å². The fraction of sp³-hybridized carbons (Fsp3) is 0.900. The predicted molar refractivity (Wildman–Crippen MR) is 49.9 cm³/mol. The van der Waals surface area contributed by atoms with E-state index in [-0.39, 0.29) is 5.91 Å². The lowest BCUT2D eigenvalue weighted by molar-refractivity contribution is -0.120. The summed E-state index contributed by atoms with van der Waals surface area (Å²) in [6.07, 6.45) is 6.38. The van der Waals surface area contributed by atoms with Crippen molar-refractivity contribution in [2.75, 3.05) is 0 Å². The van der Waals surface area contributed by atoms with Gasteiger partial charge in [0.25, 0.3) is 0 Å². The molecule has 0 spiro atoms. The molecule has 1 rings (SSSR count). The molecule has 1 aliphatic rings. The molecule has 1 fully saturated rings. The molecule has 1 unspecified atom stereocenters. The number of hydrogen-bond donors (Lipinski definition) is 1. The van der Waals surface area contributed by atoms with E-state index in [1.807, 2.05) is 0 Å². The largest absolute Gasteiger partial charge is 0.353 e. The van der Waals surface area contributed by atoms with E-state index in [0.717, 1.165) is 12.3 Å². The maximum atomic E-state index is 10.9. The second-order valence-corrected chi connectivity index (χ2v) is 3.76. The molecule has 12 heavy (non-hydrogen) atoms. The first-order valence-corrected chi connectivity index (χ1v) is 5.01. The molecule has 0 saturated heterocycles. The number of hydrogen-bond acceptors (Lipinski definition) is 1. The maximum Gasteiger partial charge on any atom is 0.217 e. The lowest BCUT2D eigenvalue weighted by Crippen LogP contribution is -2.37. The van der Waals surface area contributed by atoms with Crippen LogP contribution in [0.25, 0.3) is 0 Å². The summed E-state index contributed by atoms with van der Waals surface area (Å²) >= 11 is 0. The van der Waals surface area contributed by atoms with Crippen LogP contribution in [0.15, 0.2) is 0 Å². The van der Waals surface area contributed by atoms with E-state index in [9.17, 15) is 4.79 Å². The van der Waals surface area contributed by atoms with Crippen molar-refractivity contribution in [3.8, 4) is 0 Å². The Bertz CT molecular complexity index is 150. The summed E-state index contributed by atoms with van der Waals surface area (Å²) in [5.74, 6) is 0.868. The summed E-state index contributed by atoms with van der Waals surface area (Å²) in [5.41, 5.74) is 0. The van der Waals surface area contributed by atoms with Crippen LogP contribution in [0.5, 0.6) is 0 Å². The smallest absolute Gasteiger partial charge is 0.217 e. The Morgan fingerprint density at radius 3 is 2.50 bits per heavy atom. The molecule has 0 bridgehead atoms. The number of rotatable bonds is 3. The predicted octanol–water partition coefficient (Wildman–Crippen LogP) is 2.09. The van der Waals surface area contributed by atoms with Gasteiger partial charge in [-0.05, 0) is 25.2 Å². The van der Waals surface area contributed by atoms with Crippen LogP contribution in [0.3, 0.4) is 0 Å². The Morgan fingerprint density at radius 1 is 1.50 bits per heavy atom. The third kappa shape index (κ3) is 2.50. The molecule has 2 nitrogen and oxygen atoms in total. The van der Waals surface area contributed by atoms with Gasteiger partial charge in [-0.15, -0.1) is 0 Å². The van der Waals surface area contributed by atoms with Crippen molar-refractivity contribution in [1.29, 1.82) is 0 Å². The molecule has 1 amide bonds. The van der Waals surface area contributed by atoms with Crippen molar-refractivity contribution in [1.82, 2.24) is 5.32 Å². The summed E-state index contributed by atoms with van der Waals surface area (Å²) in [6.45, 7) is 3.76. The number of carbonyl (C=O) groups is 1. The number of carbonyl (C=O) groups excluding carboxylic acids is 1. The summed E-state index contributed by atoms with van der Waals surface area (Å²) in [7, 11) is 0. The normalized spacial score (nSPS) is 20.8. The Balaban J connectivity index is 2.37. The Labute approximate surface area is 74.7 Å². The third-order valence-electron chi connectivity index (χ3n) is 2.80. The third-order valence-corrected chi connectivity index (χ3v) is 2.80. The van der Waals surface area contributed by atoms with Gasteiger partial charge in [-0.3, -0.25) is 4.79 Å². The highest BCUT2D eigenvalue weighted by Crippen LogP contribution is 2.28. The second-order valence-electron chi connectivity index (χ2n) is 3.76. The minimum Gasteiger partial charge on any atom is -0.353 e. The van der Waals surface area contributed by atoms with Gasteiger partial charge in [-0.1, -0.05) is 19.8 Å². The topological polar surface area (TPSA) is 29.1 Å². The average Bonchev–Trinajstić information content (AvgIpc) is 2.51. The van der Waals surface area contributed by atoms with Gasteiger partial charge in [-0.2, -0.15) is 0 Å². The van der Waals surface area contributed by atoms with Crippen LogP contribution in [0.2, 0.25) is 0 Å². The molecular weight excluding hydrogens is 150 g/mol. The van der Waals surface area contributed by atoms with Crippen molar-refractivity contribution >= 4 is 5.91 Å². The monoisotopic (exact) mass is 169 g/mol. The minimum atomic E-state index is 0.119. The van der Waals surface area contributed by atoms with E-state index in [0.29, 0.717) is 6.04 Å². The van der Waals surface area contributed by atoms with Gasteiger partial charge in [0.15, 0.2) is 0 Å². The van der Waals surface area contributed by atoms with Crippen LogP contribution in [-0.2, 0) is 4.79 Å². The minimum absolute atomic E-state index is 0.119. The summed E-state index contributed by atoms with van der Waals surface area (Å²) in [5, 5.41) is 3.03. The van der Waals surface area contributed by atoms with Crippen molar-refractivity contribution < 1.29 is 4.79 Å².